The second kappa shape index (κ2) is 7.78. The van der Waals surface area contributed by atoms with Gasteiger partial charge >= 0.3 is 0 Å². The summed E-state index contributed by atoms with van der Waals surface area (Å²) in [6.07, 6.45) is 6.72. The molecule has 0 aliphatic carbocycles. The molecule has 0 saturated heterocycles. The lowest BCUT2D eigenvalue weighted by Gasteiger charge is -2.11. The minimum Gasteiger partial charge on any atom is -0.356 e. The normalized spacial score (nSPS) is 11.7. The summed E-state index contributed by atoms with van der Waals surface area (Å²) in [6, 6.07) is 0. The van der Waals surface area contributed by atoms with Gasteiger partial charge in [0, 0.05) is 43.8 Å². The van der Waals surface area contributed by atoms with Crippen LogP contribution < -0.4 is 10.6 Å². The largest absolute Gasteiger partial charge is 0.356 e. The van der Waals surface area contributed by atoms with Crippen LogP contribution in [0.5, 0.6) is 0 Å². The molecule has 2 aromatic rings. The van der Waals surface area contributed by atoms with Crippen molar-refractivity contribution in [2.45, 2.75) is 26.8 Å². The van der Waals surface area contributed by atoms with E-state index in [2.05, 4.69) is 32.6 Å². The Labute approximate surface area is 129 Å². The summed E-state index contributed by atoms with van der Waals surface area (Å²) >= 11 is 1.74. The second-order valence-electron chi connectivity index (χ2n) is 4.82. The fourth-order valence-corrected chi connectivity index (χ4v) is 2.69. The van der Waals surface area contributed by atoms with Crippen LogP contribution in [-0.2, 0) is 13.0 Å². The summed E-state index contributed by atoms with van der Waals surface area (Å²) < 4.78 is 1.92. The molecule has 0 aromatic carbocycles. The van der Waals surface area contributed by atoms with Gasteiger partial charge in [-0.2, -0.15) is 5.10 Å². The summed E-state index contributed by atoms with van der Waals surface area (Å²) in [6.45, 7) is 6.55. The van der Waals surface area contributed by atoms with Crippen molar-refractivity contribution in [2.24, 2.45) is 4.99 Å². The highest BCUT2D eigenvalue weighted by atomic mass is 32.1. The molecule has 0 bridgehead atoms. The molecule has 0 aliphatic heterocycles. The number of nitrogens with zero attached hydrogens (tertiary/aromatic N) is 4. The number of aromatic nitrogens is 3. The lowest BCUT2D eigenvalue weighted by molar-refractivity contribution is 0.597. The third kappa shape index (κ3) is 5.18. The number of rotatable bonds is 6. The summed E-state index contributed by atoms with van der Waals surface area (Å²) in [5.41, 5.74) is 1.18. The van der Waals surface area contributed by atoms with Crippen molar-refractivity contribution in [1.82, 2.24) is 25.4 Å². The molecular formula is C14H22N6S. The molecule has 114 valence electrons. The molecule has 2 N–H and O–H groups in total. The molecular weight excluding hydrogens is 284 g/mol. The van der Waals surface area contributed by atoms with Gasteiger partial charge in [0.15, 0.2) is 5.96 Å². The molecule has 0 saturated carbocycles. The summed E-state index contributed by atoms with van der Waals surface area (Å²) in [4.78, 5) is 9.81. The van der Waals surface area contributed by atoms with Gasteiger partial charge in [-0.3, -0.25) is 9.67 Å². The number of hydrogen-bond donors (Lipinski definition) is 2. The van der Waals surface area contributed by atoms with Gasteiger partial charge in [-0.25, -0.2) is 4.98 Å². The first-order valence-corrected chi connectivity index (χ1v) is 7.84. The van der Waals surface area contributed by atoms with E-state index in [0.717, 1.165) is 37.0 Å². The fourth-order valence-electron chi connectivity index (χ4n) is 1.90. The highest BCUT2D eigenvalue weighted by Crippen LogP contribution is 2.10. The van der Waals surface area contributed by atoms with Crippen LogP contribution in [0.1, 0.15) is 15.4 Å². The quantitative estimate of drug-likeness (QED) is 0.625. The van der Waals surface area contributed by atoms with Crippen molar-refractivity contribution in [3.63, 3.8) is 0 Å². The lowest BCUT2D eigenvalue weighted by atomic mass is 10.4. The van der Waals surface area contributed by atoms with E-state index in [1.54, 1.807) is 18.4 Å². The highest BCUT2D eigenvalue weighted by Gasteiger charge is 2.01. The first-order valence-electron chi connectivity index (χ1n) is 7.02. The molecule has 0 amide bonds. The van der Waals surface area contributed by atoms with Crippen LogP contribution in [0, 0.1) is 13.8 Å². The molecule has 0 spiro atoms. The maximum atomic E-state index is 4.35. The van der Waals surface area contributed by atoms with Crippen LogP contribution in [0.4, 0.5) is 0 Å². The van der Waals surface area contributed by atoms with E-state index in [0.29, 0.717) is 0 Å². The molecule has 7 heteroatoms. The SMILES string of the molecule is CN=C(NCCc1ncc(C)s1)NCCn1cc(C)cn1. The van der Waals surface area contributed by atoms with Crippen molar-refractivity contribution >= 4 is 17.3 Å². The first-order chi connectivity index (χ1) is 10.2. The van der Waals surface area contributed by atoms with Crippen LogP contribution in [-0.4, -0.2) is 40.9 Å². The van der Waals surface area contributed by atoms with Crippen molar-refractivity contribution in [3.05, 3.63) is 34.0 Å². The van der Waals surface area contributed by atoms with Gasteiger partial charge < -0.3 is 10.6 Å². The van der Waals surface area contributed by atoms with E-state index in [1.807, 2.05) is 30.2 Å². The summed E-state index contributed by atoms with van der Waals surface area (Å²) in [7, 11) is 1.78. The van der Waals surface area contributed by atoms with E-state index in [1.165, 1.54) is 10.4 Å². The van der Waals surface area contributed by atoms with Crippen LogP contribution in [0.3, 0.4) is 0 Å². The Balaban J connectivity index is 1.66. The molecule has 6 nitrogen and oxygen atoms in total. The Morgan fingerprint density at radius 2 is 2.10 bits per heavy atom. The summed E-state index contributed by atoms with van der Waals surface area (Å²) in [5, 5.41) is 12.0. The molecule has 2 aromatic heterocycles. The van der Waals surface area contributed by atoms with Gasteiger partial charge in [0.05, 0.1) is 17.7 Å². The Kier molecular flexibility index (Phi) is 5.74. The molecule has 0 radical (unpaired) electrons. The van der Waals surface area contributed by atoms with Crippen LogP contribution in [0.2, 0.25) is 0 Å². The standard InChI is InChI=1S/C14H22N6S/c1-11-8-19-20(10-11)7-6-17-14(15-3)16-5-4-13-18-9-12(2)21-13/h8-10H,4-7H2,1-3H3,(H2,15,16,17). The Morgan fingerprint density at radius 1 is 1.29 bits per heavy atom. The average Bonchev–Trinajstić information content (AvgIpc) is 3.06. The first kappa shape index (κ1) is 15.5. The van der Waals surface area contributed by atoms with E-state index in [9.17, 15) is 0 Å². The Morgan fingerprint density at radius 3 is 2.71 bits per heavy atom. The zero-order valence-electron chi connectivity index (χ0n) is 12.8. The van der Waals surface area contributed by atoms with Gasteiger partial charge in [-0.1, -0.05) is 0 Å². The zero-order valence-corrected chi connectivity index (χ0v) is 13.6. The van der Waals surface area contributed by atoms with Crippen molar-refractivity contribution in [3.8, 4) is 0 Å². The molecule has 0 unspecified atom stereocenters. The third-order valence-corrected chi connectivity index (χ3v) is 3.89. The van der Waals surface area contributed by atoms with Crippen LogP contribution in [0.25, 0.3) is 0 Å². The van der Waals surface area contributed by atoms with E-state index in [-0.39, 0.29) is 0 Å². The van der Waals surface area contributed by atoms with Gasteiger partial charge in [0.25, 0.3) is 0 Å². The molecule has 0 atom stereocenters. The average molecular weight is 306 g/mol. The molecule has 21 heavy (non-hydrogen) atoms. The minimum atomic E-state index is 0.789. The summed E-state index contributed by atoms with van der Waals surface area (Å²) in [5.74, 6) is 0.812. The van der Waals surface area contributed by atoms with E-state index in [4.69, 9.17) is 0 Å². The number of aliphatic imine (C=N–C) groups is 1. The maximum absolute atomic E-state index is 4.35. The topological polar surface area (TPSA) is 67.1 Å². The highest BCUT2D eigenvalue weighted by molar-refractivity contribution is 7.11. The van der Waals surface area contributed by atoms with Gasteiger partial charge in [0.1, 0.15) is 0 Å². The molecule has 0 aliphatic rings. The third-order valence-electron chi connectivity index (χ3n) is 2.92. The number of guanidine groups is 1. The van der Waals surface area contributed by atoms with Gasteiger partial charge in [-0.15, -0.1) is 11.3 Å². The van der Waals surface area contributed by atoms with Gasteiger partial charge in [-0.05, 0) is 19.4 Å². The predicted molar refractivity (Wildman–Crippen MR) is 86.9 cm³/mol. The van der Waals surface area contributed by atoms with Crippen molar-refractivity contribution in [1.29, 1.82) is 0 Å². The second-order valence-corrected chi connectivity index (χ2v) is 6.14. The molecule has 2 heterocycles. The van der Waals surface area contributed by atoms with Gasteiger partial charge in [0.2, 0.25) is 0 Å². The fraction of sp³-hybridized carbons (Fsp3) is 0.500. The lowest BCUT2D eigenvalue weighted by Crippen LogP contribution is -2.39. The van der Waals surface area contributed by atoms with E-state index >= 15 is 0 Å². The number of nitrogens with one attached hydrogen (secondary N) is 2. The number of hydrogen-bond acceptors (Lipinski definition) is 4. The minimum absolute atomic E-state index is 0.789. The molecule has 0 fully saturated rings. The number of aryl methyl sites for hydroxylation is 2. The smallest absolute Gasteiger partial charge is 0.191 e. The Hall–Kier alpha value is -1.89. The van der Waals surface area contributed by atoms with Crippen molar-refractivity contribution in [2.75, 3.05) is 20.1 Å². The predicted octanol–water partition coefficient (Wildman–Crippen LogP) is 1.36. The monoisotopic (exact) mass is 306 g/mol. The Bertz CT molecular complexity index is 538. The zero-order chi connectivity index (χ0) is 15.1. The van der Waals surface area contributed by atoms with Crippen LogP contribution in [0.15, 0.2) is 23.6 Å². The molecule has 2 rings (SSSR count). The van der Waals surface area contributed by atoms with Crippen molar-refractivity contribution < 1.29 is 0 Å². The number of thiazole rings is 1. The van der Waals surface area contributed by atoms with Crippen LogP contribution >= 0.6 is 11.3 Å². The van der Waals surface area contributed by atoms with E-state index < -0.39 is 0 Å². The maximum Gasteiger partial charge on any atom is 0.191 e.